The second-order valence-corrected chi connectivity index (χ2v) is 2.71. The fourth-order valence-electron chi connectivity index (χ4n) is 1.10. The van der Waals surface area contributed by atoms with Crippen LogP contribution in [0.1, 0.15) is 13.8 Å². The molecule has 0 bridgehead atoms. The van der Waals surface area contributed by atoms with E-state index in [1.165, 1.54) is 0 Å². The van der Waals surface area contributed by atoms with Crippen LogP contribution in [-0.2, 0) is 28.4 Å². The van der Waals surface area contributed by atoms with Gasteiger partial charge in [-0.1, -0.05) is 0 Å². The number of carbonyl (C=O) groups excluding carboxylic acids is 2. The third-order valence-corrected chi connectivity index (χ3v) is 1.72. The fourth-order valence-corrected chi connectivity index (χ4v) is 1.10. The van der Waals surface area contributed by atoms with Crippen LogP contribution in [0.2, 0.25) is 0 Å². The van der Waals surface area contributed by atoms with Crippen LogP contribution in [0.4, 0.5) is 0 Å². The van der Waals surface area contributed by atoms with Gasteiger partial charge in [0.25, 0.3) is 0 Å². The summed E-state index contributed by atoms with van der Waals surface area (Å²) < 4.78 is 19.1. The minimum Gasteiger partial charge on any atom is -0.464 e. The lowest BCUT2D eigenvalue weighted by Gasteiger charge is -2.15. The van der Waals surface area contributed by atoms with Gasteiger partial charge in [-0.15, -0.1) is 0 Å². The van der Waals surface area contributed by atoms with Crippen LogP contribution >= 0.6 is 0 Å². The molecule has 1 heterocycles. The molecule has 0 saturated carbocycles. The molecule has 1 fully saturated rings. The van der Waals surface area contributed by atoms with Gasteiger partial charge in [-0.25, -0.2) is 9.59 Å². The van der Waals surface area contributed by atoms with Crippen LogP contribution in [0.15, 0.2) is 0 Å². The van der Waals surface area contributed by atoms with E-state index >= 15 is 0 Å². The van der Waals surface area contributed by atoms with Crippen molar-refractivity contribution in [2.24, 2.45) is 0 Å². The average molecular weight is 215 g/mol. The Labute approximate surface area is 88.1 Å². The van der Waals surface area contributed by atoms with Crippen LogP contribution in [0.25, 0.3) is 0 Å². The zero-order valence-corrected chi connectivity index (χ0v) is 8.60. The molecule has 1 aliphatic rings. The highest BCUT2D eigenvalue weighted by molar-refractivity contribution is 6.21. The molecule has 2 atom stereocenters. The monoisotopic (exact) mass is 215 g/mol. The maximum Gasteiger partial charge on any atom is 0.489 e. The molecular formula is C8H12BO6. The van der Waals surface area contributed by atoms with E-state index in [1.807, 2.05) is 0 Å². The van der Waals surface area contributed by atoms with Gasteiger partial charge < -0.3 is 18.8 Å². The SMILES string of the molecule is CCOC(=O)C1O[B]OC1C(=O)OCC. The molecule has 2 unspecified atom stereocenters. The Morgan fingerprint density at radius 1 is 1.07 bits per heavy atom. The molecule has 0 aromatic heterocycles. The lowest BCUT2D eigenvalue weighted by atomic mass is 10.2. The molecule has 0 N–H and O–H groups in total. The quantitative estimate of drug-likeness (QED) is 0.462. The number of hydrogen-bond acceptors (Lipinski definition) is 6. The molecule has 0 amide bonds. The van der Waals surface area contributed by atoms with E-state index in [2.05, 4.69) is 0 Å². The van der Waals surface area contributed by atoms with E-state index in [0.29, 0.717) is 0 Å². The molecule has 0 aromatic rings. The maximum absolute atomic E-state index is 11.3. The summed E-state index contributed by atoms with van der Waals surface area (Å²) in [6.07, 6.45) is -2.13. The van der Waals surface area contributed by atoms with Crippen molar-refractivity contribution in [2.75, 3.05) is 13.2 Å². The normalized spacial score (nSPS) is 24.4. The first-order chi connectivity index (χ1) is 7.20. The van der Waals surface area contributed by atoms with Crippen molar-refractivity contribution in [3.8, 4) is 0 Å². The van der Waals surface area contributed by atoms with Crippen molar-refractivity contribution < 1.29 is 28.4 Å². The molecule has 0 aliphatic carbocycles. The van der Waals surface area contributed by atoms with Gasteiger partial charge in [0.1, 0.15) is 0 Å². The smallest absolute Gasteiger partial charge is 0.464 e. The topological polar surface area (TPSA) is 71.1 Å². The zero-order chi connectivity index (χ0) is 11.3. The van der Waals surface area contributed by atoms with Gasteiger partial charge in [0.2, 0.25) is 0 Å². The van der Waals surface area contributed by atoms with E-state index in [0.717, 1.165) is 7.69 Å². The number of carbonyl (C=O) groups is 2. The van der Waals surface area contributed by atoms with Crippen molar-refractivity contribution in [3.63, 3.8) is 0 Å². The summed E-state index contributed by atoms with van der Waals surface area (Å²) in [7, 11) is 0.948. The summed E-state index contributed by atoms with van der Waals surface area (Å²) in [6.45, 7) is 3.76. The Bertz CT molecular complexity index is 219. The Balaban J connectivity index is 2.56. The summed E-state index contributed by atoms with van der Waals surface area (Å²) >= 11 is 0. The van der Waals surface area contributed by atoms with Crippen molar-refractivity contribution in [3.05, 3.63) is 0 Å². The molecule has 1 aliphatic heterocycles. The lowest BCUT2D eigenvalue weighted by Crippen LogP contribution is -2.39. The van der Waals surface area contributed by atoms with E-state index < -0.39 is 24.1 Å². The highest BCUT2D eigenvalue weighted by atomic mass is 16.7. The van der Waals surface area contributed by atoms with Crippen LogP contribution in [0.3, 0.4) is 0 Å². The number of ether oxygens (including phenoxy) is 2. The third-order valence-electron chi connectivity index (χ3n) is 1.72. The van der Waals surface area contributed by atoms with Gasteiger partial charge in [-0.3, -0.25) is 0 Å². The van der Waals surface area contributed by atoms with Gasteiger partial charge in [0.05, 0.1) is 13.2 Å². The third kappa shape index (κ3) is 2.94. The van der Waals surface area contributed by atoms with Crippen molar-refractivity contribution in [1.82, 2.24) is 0 Å². The van der Waals surface area contributed by atoms with Gasteiger partial charge in [-0.05, 0) is 13.8 Å². The number of rotatable bonds is 4. The predicted octanol–water partition coefficient (Wildman–Crippen LogP) is -0.569. The molecule has 15 heavy (non-hydrogen) atoms. The van der Waals surface area contributed by atoms with Gasteiger partial charge in [0, 0.05) is 0 Å². The molecule has 1 saturated heterocycles. The summed E-state index contributed by atoms with van der Waals surface area (Å²) in [5, 5.41) is 0. The number of esters is 2. The largest absolute Gasteiger partial charge is 0.489 e. The molecular weight excluding hydrogens is 203 g/mol. The molecule has 1 radical (unpaired) electrons. The predicted molar refractivity (Wildman–Crippen MR) is 48.8 cm³/mol. The molecule has 7 heteroatoms. The summed E-state index contributed by atoms with van der Waals surface area (Å²) in [5.41, 5.74) is 0. The minimum absolute atomic E-state index is 0.217. The van der Waals surface area contributed by atoms with E-state index in [4.69, 9.17) is 18.8 Å². The molecule has 83 valence electrons. The molecule has 0 aromatic carbocycles. The second-order valence-electron chi connectivity index (χ2n) is 2.71. The Hall–Kier alpha value is -1.08. The van der Waals surface area contributed by atoms with E-state index in [9.17, 15) is 9.59 Å². The Morgan fingerprint density at radius 2 is 1.47 bits per heavy atom. The zero-order valence-electron chi connectivity index (χ0n) is 8.60. The van der Waals surface area contributed by atoms with Crippen LogP contribution in [0.5, 0.6) is 0 Å². The molecule has 1 rings (SSSR count). The first kappa shape index (κ1) is 12.0. The van der Waals surface area contributed by atoms with Gasteiger partial charge in [0.15, 0.2) is 12.2 Å². The molecule has 6 nitrogen and oxygen atoms in total. The first-order valence-corrected chi connectivity index (χ1v) is 4.66. The van der Waals surface area contributed by atoms with E-state index in [-0.39, 0.29) is 13.2 Å². The van der Waals surface area contributed by atoms with Crippen LogP contribution < -0.4 is 0 Å². The molecule has 0 spiro atoms. The summed E-state index contributed by atoms with van der Waals surface area (Å²) in [4.78, 5) is 22.6. The minimum atomic E-state index is -1.07. The Morgan fingerprint density at radius 3 is 1.80 bits per heavy atom. The highest BCUT2D eigenvalue weighted by Crippen LogP contribution is 2.14. The van der Waals surface area contributed by atoms with Gasteiger partial charge >= 0.3 is 19.6 Å². The standard InChI is InChI=1S/C8H12BO6/c1-3-12-7(10)5-6(15-9-14-5)8(11)13-4-2/h5-6H,3-4H2,1-2H3. The van der Waals surface area contributed by atoms with E-state index in [1.54, 1.807) is 13.8 Å². The van der Waals surface area contributed by atoms with Crippen molar-refractivity contribution in [2.45, 2.75) is 26.1 Å². The average Bonchev–Trinajstić information content (AvgIpc) is 2.66. The second kappa shape index (κ2) is 5.72. The van der Waals surface area contributed by atoms with Crippen LogP contribution in [-0.4, -0.2) is 45.0 Å². The van der Waals surface area contributed by atoms with Gasteiger partial charge in [-0.2, -0.15) is 0 Å². The highest BCUT2D eigenvalue weighted by Gasteiger charge is 2.43. The summed E-state index contributed by atoms with van der Waals surface area (Å²) in [5.74, 6) is -1.27. The van der Waals surface area contributed by atoms with Crippen LogP contribution in [0, 0.1) is 0 Å². The van der Waals surface area contributed by atoms with Crippen molar-refractivity contribution in [1.29, 1.82) is 0 Å². The number of hydrogen-bond donors (Lipinski definition) is 0. The first-order valence-electron chi connectivity index (χ1n) is 4.66. The summed E-state index contributed by atoms with van der Waals surface area (Å²) in [6, 6.07) is 0. The Kier molecular flexibility index (Phi) is 4.58. The lowest BCUT2D eigenvalue weighted by molar-refractivity contribution is -0.163. The fraction of sp³-hybridized carbons (Fsp3) is 0.750. The van der Waals surface area contributed by atoms with Crippen molar-refractivity contribution >= 4 is 19.6 Å². The maximum atomic E-state index is 11.3.